The molecule has 16 heavy (non-hydrogen) atoms. The number of hydrogen-bond donors (Lipinski definition) is 1. The molecule has 0 amide bonds. The molecule has 3 nitrogen and oxygen atoms in total. The zero-order valence-corrected chi connectivity index (χ0v) is 9.70. The minimum absolute atomic E-state index is 0.772. The first-order valence-electron chi connectivity index (χ1n) is 5.56. The van der Waals surface area contributed by atoms with Gasteiger partial charge in [0.1, 0.15) is 0 Å². The van der Waals surface area contributed by atoms with Crippen LogP contribution in [-0.4, -0.2) is 15.9 Å². The predicted molar refractivity (Wildman–Crippen MR) is 64.8 cm³/mol. The molecule has 1 aromatic rings. The highest BCUT2D eigenvalue weighted by molar-refractivity contribution is 6.01. The minimum atomic E-state index is 0.772. The lowest BCUT2D eigenvalue weighted by molar-refractivity contribution is 0.318. The van der Waals surface area contributed by atoms with Crippen molar-refractivity contribution in [1.82, 2.24) is 4.98 Å². The topological polar surface area (TPSA) is 45.5 Å². The molecule has 1 aliphatic rings. The first-order valence-corrected chi connectivity index (χ1v) is 5.56. The van der Waals surface area contributed by atoms with E-state index in [1.807, 2.05) is 19.9 Å². The van der Waals surface area contributed by atoms with Crippen molar-refractivity contribution in [2.24, 2.45) is 5.16 Å². The number of pyridine rings is 1. The monoisotopic (exact) mass is 216 g/mol. The highest BCUT2D eigenvalue weighted by Gasteiger charge is 2.11. The van der Waals surface area contributed by atoms with E-state index in [1.54, 1.807) is 0 Å². The minimum Gasteiger partial charge on any atom is -0.411 e. The average molecular weight is 216 g/mol. The van der Waals surface area contributed by atoms with E-state index in [0.717, 1.165) is 36.4 Å². The van der Waals surface area contributed by atoms with Crippen molar-refractivity contribution in [3.63, 3.8) is 0 Å². The molecule has 0 fully saturated rings. The summed E-state index contributed by atoms with van der Waals surface area (Å²) in [7, 11) is 0. The molecule has 0 unspecified atom stereocenters. The third-order valence-electron chi connectivity index (χ3n) is 2.80. The van der Waals surface area contributed by atoms with E-state index in [-0.39, 0.29) is 0 Å². The van der Waals surface area contributed by atoms with Crippen LogP contribution in [-0.2, 0) is 0 Å². The molecule has 0 aromatic carbocycles. The van der Waals surface area contributed by atoms with Gasteiger partial charge in [-0.05, 0) is 62.5 Å². The predicted octanol–water partition coefficient (Wildman–Crippen LogP) is 3.10. The quantitative estimate of drug-likeness (QED) is 0.579. The number of oxime groups is 1. The Bertz CT molecular complexity index is 441. The van der Waals surface area contributed by atoms with Crippen molar-refractivity contribution in [3.05, 3.63) is 35.2 Å². The fraction of sp³-hybridized carbons (Fsp3) is 0.385. The van der Waals surface area contributed by atoms with Gasteiger partial charge in [-0.2, -0.15) is 0 Å². The van der Waals surface area contributed by atoms with Crippen LogP contribution < -0.4 is 0 Å². The second kappa shape index (κ2) is 4.47. The Morgan fingerprint density at radius 3 is 2.50 bits per heavy atom. The van der Waals surface area contributed by atoms with Gasteiger partial charge in [0.2, 0.25) is 0 Å². The van der Waals surface area contributed by atoms with Gasteiger partial charge in [0, 0.05) is 11.4 Å². The Balaban J connectivity index is 2.40. The van der Waals surface area contributed by atoms with E-state index >= 15 is 0 Å². The molecule has 0 atom stereocenters. The van der Waals surface area contributed by atoms with Crippen molar-refractivity contribution in [1.29, 1.82) is 0 Å². The van der Waals surface area contributed by atoms with Crippen molar-refractivity contribution in [2.45, 2.75) is 33.1 Å². The fourth-order valence-electron chi connectivity index (χ4n) is 2.13. The van der Waals surface area contributed by atoms with E-state index in [9.17, 15) is 0 Å². The Kier molecular flexibility index (Phi) is 3.04. The zero-order chi connectivity index (χ0) is 11.5. The van der Waals surface area contributed by atoms with E-state index in [2.05, 4.69) is 22.3 Å². The summed E-state index contributed by atoms with van der Waals surface area (Å²) in [5.41, 5.74) is 5.28. The van der Waals surface area contributed by atoms with Gasteiger partial charge in [-0.15, -0.1) is 0 Å². The normalized spacial score (nSPS) is 18.6. The maximum atomic E-state index is 8.80. The number of aryl methyl sites for hydroxylation is 2. The summed E-state index contributed by atoms with van der Waals surface area (Å²) in [6, 6.07) is 4.16. The molecule has 0 aliphatic heterocycles. The molecule has 84 valence electrons. The van der Waals surface area contributed by atoms with Crippen molar-refractivity contribution in [3.8, 4) is 0 Å². The SMILES string of the molecule is Cc1cc(C2=C/C(=N/O)CCC2)cc(C)n1. The molecule has 1 aliphatic carbocycles. The molecule has 3 heteroatoms. The molecule has 1 N–H and O–H groups in total. The van der Waals surface area contributed by atoms with Gasteiger partial charge in [0.25, 0.3) is 0 Å². The van der Waals surface area contributed by atoms with Crippen LogP contribution in [0.25, 0.3) is 5.57 Å². The maximum Gasteiger partial charge on any atom is 0.0798 e. The largest absolute Gasteiger partial charge is 0.411 e. The van der Waals surface area contributed by atoms with Crippen LogP contribution in [0.3, 0.4) is 0 Å². The summed E-state index contributed by atoms with van der Waals surface area (Å²) in [4.78, 5) is 4.36. The van der Waals surface area contributed by atoms with E-state index in [4.69, 9.17) is 5.21 Å². The molecular formula is C13H16N2O. The molecule has 0 saturated carbocycles. The Labute approximate surface area is 95.5 Å². The van der Waals surface area contributed by atoms with Crippen LogP contribution >= 0.6 is 0 Å². The molecule has 1 aromatic heterocycles. The lowest BCUT2D eigenvalue weighted by atomic mass is 9.92. The number of hydrogen-bond acceptors (Lipinski definition) is 3. The van der Waals surface area contributed by atoms with Gasteiger partial charge in [-0.1, -0.05) is 5.16 Å². The number of allylic oxidation sites excluding steroid dienone is 2. The fourth-order valence-corrected chi connectivity index (χ4v) is 2.13. The lowest BCUT2D eigenvalue weighted by Crippen LogP contribution is -2.03. The summed E-state index contributed by atoms with van der Waals surface area (Å²) in [6.07, 6.45) is 4.94. The van der Waals surface area contributed by atoms with Gasteiger partial charge >= 0.3 is 0 Å². The highest BCUT2D eigenvalue weighted by Crippen LogP contribution is 2.26. The third kappa shape index (κ3) is 2.30. The molecule has 1 heterocycles. The van der Waals surface area contributed by atoms with Gasteiger partial charge in [-0.25, -0.2) is 0 Å². The third-order valence-corrected chi connectivity index (χ3v) is 2.80. The zero-order valence-electron chi connectivity index (χ0n) is 9.70. The molecular weight excluding hydrogens is 200 g/mol. The summed E-state index contributed by atoms with van der Waals surface area (Å²) in [5.74, 6) is 0. The number of rotatable bonds is 1. The van der Waals surface area contributed by atoms with E-state index < -0.39 is 0 Å². The number of aromatic nitrogens is 1. The summed E-state index contributed by atoms with van der Waals surface area (Å²) >= 11 is 0. The highest BCUT2D eigenvalue weighted by atomic mass is 16.4. The van der Waals surface area contributed by atoms with E-state index in [0.29, 0.717) is 0 Å². The molecule has 0 spiro atoms. The van der Waals surface area contributed by atoms with Crippen LogP contribution in [0, 0.1) is 13.8 Å². The maximum absolute atomic E-state index is 8.80. The Morgan fingerprint density at radius 1 is 1.19 bits per heavy atom. The van der Waals surface area contributed by atoms with Crippen LogP contribution in [0.5, 0.6) is 0 Å². The summed E-state index contributed by atoms with van der Waals surface area (Å²) < 4.78 is 0. The molecule has 2 rings (SSSR count). The molecule has 0 bridgehead atoms. The molecule has 0 saturated heterocycles. The van der Waals surface area contributed by atoms with Gasteiger partial charge < -0.3 is 5.21 Å². The average Bonchev–Trinajstić information content (AvgIpc) is 2.28. The first kappa shape index (κ1) is 10.9. The Hall–Kier alpha value is -1.64. The summed E-state index contributed by atoms with van der Waals surface area (Å²) in [5, 5.41) is 12.1. The first-order chi connectivity index (χ1) is 7.69. The second-order valence-corrected chi connectivity index (χ2v) is 4.25. The van der Waals surface area contributed by atoms with Crippen molar-refractivity contribution >= 4 is 11.3 Å². The Morgan fingerprint density at radius 2 is 1.88 bits per heavy atom. The number of nitrogens with zero attached hydrogens (tertiary/aromatic N) is 2. The van der Waals surface area contributed by atoms with Crippen LogP contribution in [0.4, 0.5) is 0 Å². The lowest BCUT2D eigenvalue weighted by Gasteiger charge is -2.14. The van der Waals surface area contributed by atoms with Crippen LogP contribution in [0.1, 0.15) is 36.2 Å². The van der Waals surface area contributed by atoms with Crippen molar-refractivity contribution < 1.29 is 5.21 Å². The van der Waals surface area contributed by atoms with Gasteiger partial charge in [-0.3, -0.25) is 4.98 Å². The van der Waals surface area contributed by atoms with Crippen LogP contribution in [0.2, 0.25) is 0 Å². The van der Waals surface area contributed by atoms with Gasteiger partial charge in [0.05, 0.1) is 5.71 Å². The molecule has 0 radical (unpaired) electrons. The second-order valence-electron chi connectivity index (χ2n) is 4.25. The summed E-state index contributed by atoms with van der Waals surface area (Å²) in [6.45, 7) is 4.00. The van der Waals surface area contributed by atoms with E-state index in [1.165, 1.54) is 11.1 Å². The van der Waals surface area contributed by atoms with Crippen LogP contribution in [0.15, 0.2) is 23.4 Å². The smallest absolute Gasteiger partial charge is 0.0798 e. The van der Waals surface area contributed by atoms with Gasteiger partial charge in [0.15, 0.2) is 0 Å². The standard InChI is InChI=1S/C13H16N2O/c1-9-6-12(7-10(2)14-9)11-4-3-5-13(8-11)15-16/h6-8,16H,3-5H2,1-2H3/b15-13+. The van der Waals surface area contributed by atoms with Crippen molar-refractivity contribution in [2.75, 3.05) is 0 Å².